The van der Waals surface area contributed by atoms with Crippen LogP contribution in [0.25, 0.3) is 5.70 Å². The summed E-state index contributed by atoms with van der Waals surface area (Å²) >= 11 is 0. The van der Waals surface area contributed by atoms with E-state index >= 15 is 0 Å². The number of aryl methyl sites for hydroxylation is 1. The van der Waals surface area contributed by atoms with E-state index in [9.17, 15) is 4.79 Å². The van der Waals surface area contributed by atoms with Crippen molar-refractivity contribution in [2.75, 3.05) is 20.3 Å². The van der Waals surface area contributed by atoms with Gasteiger partial charge in [-0.05, 0) is 75.8 Å². The second-order valence-corrected chi connectivity index (χ2v) is 12.4. The molecule has 5 heteroatoms. The molecule has 212 valence electrons. The highest BCUT2D eigenvalue weighted by Gasteiger charge is 2.38. The summed E-state index contributed by atoms with van der Waals surface area (Å²) in [5, 5.41) is 0. The molecule has 0 bridgehead atoms. The summed E-state index contributed by atoms with van der Waals surface area (Å²) in [5.41, 5.74) is 8.03. The SMILES string of the molecule is C=C1CCC(N(C(=C)c2cc(C)n(C3CCOCC3)c2C)C2CC2)C/C1=C/N(C)C=O.CCC(C)(C)CC. The van der Waals surface area contributed by atoms with E-state index in [0.29, 0.717) is 23.5 Å². The molecule has 4 rings (SSSR count). The molecule has 0 radical (unpaired) electrons. The van der Waals surface area contributed by atoms with Crippen molar-refractivity contribution in [3.63, 3.8) is 0 Å². The molecule has 0 spiro atoms. The molecular weight excluding hydrogens is 470 g/mol. The Labute approximate surface area is 232 Å². The molecule has 38 heavy (non-hydrogen) atoms. The van der Waals surface area contributed by atoms with Crippen molar-refractivity contribution in [2.24, 2.45) is 5.41 Å². The summed E-state index contributed by atoms with van der Waals surface area (Å²) in [6, 6.07) is 3.85. The van der Waals surface area contributed by atoms with Gasteiger partial charge in [-0.2, -0.15) is 0 Å². The average Bonchev–Trinajstić information content (AvgIpc) is 3.70. The first kappa shape index (κ1) is 30.3. The Bertz CT molecular complexity index is 1000. The monoisotopic (exact) mass is 523 g/mol. The minimum atomic E-state index is 0.405. The quantitative estimate of drug-likeness (QED) is 0.310. The first-order valence-corrected chi connectivity index (χ1v) is 14.8. The lowest BCUT2D eigenvalue weighted by molar-refractivity contribution is -0.115. The smallest absolute Gasteiger partial charge is 0.213 e. The Morgan fingerprint density at radius 1 is 1.11 bits per heavy atom. The summed E-state index contributed by atoms with van der Waals surface area (Å²) in [6.45, 7) is 24.1. The second-order valence-electron chi connectivity index (χ2n) is 12.4. The summed E-state index contributed by atoms with van der Waals surface area (Å²) in [4.78, 5) is 15.3. The van der Waals surface area contributed by atoms with Gasteiger partial charge in [-0.15, -0.1) is 0 Å². The minimum Gasteiger partial charge on any atom is -0.381 e. The van der Waals surface area contributed by atoms with Crippen molar-refractivity contribution in [3.8, 4) is 0 Å². The Morgan fingerprint density at radius 2 is 1.74 bits per heavy atom. The Morgan fingerprint density at radius 3 is 2.26 bits per heavy atom. The number of hydrogen-bond acceptors (Lipinski definition) is 3. The Hall–Kier alpha value is -2.27. The molecule has 1 aliphatic heterocycles. The fourth-order valence-corrected chi connectivity index (χ4v) is 5.71. The van der Waals surface area contributed by atoms with Crippen LogP contribution in [0.1, 0.15) is 108 Å². The molecule has 3 aliphatic rings. The van der Waals surface area contributed by atoms with Gasteiger partial charge in [0.15, 0.2) is 0 Å². The fraction of sp³-hybridized carbons (Fsp3) is 0.667. The van der Waals surface area contributed by atoms with Gasteiger partial charge in [0.05, 0.1) is 0 Å². The van der Waals surface area contributed by atoms with Crippen molar-refractivity contribution in [1.82, 2.24) is 14.4 Å². The van der Waals surface area contributed by atoms with Gasteiger partial charge in [-0.3, -0.25) is 4.79 Å². The van der Waals surface area contributed by atoms with Crippen LogP contribution >= 0.6 is 0 Å². The molecule has 5 nitrogen and oxygen atoms in total. The van der Waals surface area contributed by atoms with Gasteiger partial charge in [0.1, 0.15) is 0 Å². The van der Waals surface area contributed by atoms with Gasteiger partial charge in [-0.25, -0.2) is 0 Å². The van der Waals surface area contributed by atoms with Gasteiger partial charge in [0.2, 0.25) is 6.41 Å². The van der Waals surface area contributed by atoms with E-state index in [2.05, 4.69) is 70.2 Å². The number of aromatic nitrogens is 1. The lowest BCUT2D eigenvalue weighted by Gasteiger charge is -2.39. The molecule has 2 heterocycles. The number of carbonyl (C=O) groups is 1. The highest BCUT2D eigenvalue weighted by atomic mass is 16.5. The van der Waals surface area contributed by atoms with Crippen LogP contribution in [0, 0.1) is 19.3 Å². The van der Waals surface area contributed by atoms with Crippen molar-refractivity contribution >= 4 is 12.1 Å². The Balaban J connectivity index is 0.000000505. The van der Waals surface area contributed by atoms with E-state index in [4.69, 9.17) is 4.74 Å². The molecule has 0 N–H and O–H groups in total. The molecule has 1 saturated heterocycles. The van der Waals surface area contributed by atoms with E-state index < -0.39 is 0 Å². The van der Waals surface area contributed by atoms with Crippen LogP contribution in [0.3, 0.4) is 0 Å². The Kier molecular flexibility index (Phi) is 10.5. The molecule has 1 aromatic heterocycles. The molecule has 2 aliphatic carbocycles. The topological polar surface area (TPSA) is 37.7 Å². The number of ether oxygens (including phenoxy) is 1. The van der Waals surface area contributed by atoms with Crippen molar-refractivity contribution < 1.29 is 9.53 Å². The number of amides is 1. The van der Waals surface area contributed by atoms with Crippen LogP contribution in [0.15, 0.2) is 36.6 Å². The van der Waals surface area contributed by atoms with Gasteiger partial charge >= 0.3 is 0 Å². The molecule has 1 amide bonds. The molecule has 3 fully saturated rings. The van der Waals surface area contributed by atoms with Crippen LogP contribution in [-0.2, 0) is 9.53 Å². The summed E-state index contributed by atoms with van der Waals surface area (Å²) < 4.78 is 8.11. The molecule has 2 saturated carbocycles. The fourth-order valence-electron chi connectivity index (χ4n) is 5.71. The van der Waals surface area contributed by atoms with Crippen LogP contribution in [0.2, 0.25) is 0 Å². The maximum absolute atomic E-state index is 11.1. The average molecular weight is 524 g/mol. The third kappa shape index (κ3) is 7.43. The summed E-state index contributed by atoms with van der Waals surface area (Å²) in [7, 11) is 1.79. The number of nitrogens with zero attached hydrogens (tertiary/aromatic N) is 3. The zero-order chi connectivity index (χ0) is 28.0. The van der Waals surface area contributed by atoms with Gasteiger partial charge in [0, 0.05) is 67.2 Å². The highest BCUT2D eigenvalue weighted by Crippen LogP contribution is 2.42. The lowest BCUT2D eigenvalue weighted by Crippen LogP contribution is -2.38. The normalized spacial score (nSPS) is 21.6. The number of rotatable bonds is 9. The highest BCUT2D eigenvalue weighted by molar-refractivity contribution is 5.66. The first-order chi connectivity index (χ1) is 18.0. The predicted octanol–water partition coefficient (Wildman–Crippen LogP) is 7.80. The van der Waals surface area contributed by atoms with Crippen LogP contribution in [0.4, 0.5) is 0 Å². The van der Waals surface area contributed by atoms with Gasteiger partial charge < -0.3 is 19.1 Å². The molecule has 1 aromatic rings. The zero-order valence-electron chi connectivity index (χ0n) is 25.3. The largest absolute Gasteiger partial charge is 0.381 e. The van der Waals surface area contributed by atoms with Gasteiger partial charge in [-0.1, -0.05) is 59.3 Å². The maximum atomic E-state index is 11.1. The van der Waals surface area contributed by atoms with E-state index in [1.54, 1.807) is 11.9 Å². The third-order valence-corrected chi connectivity index (χ3v) is 9.13. The van der Waals surface area contributed by atoms with Crippen molar-refractivity contribution in [2.45, 2.75) is 117 Å². The standard InChI is InChI=1S/C26H37N3O2.C7H16/c1-18-6-7-25(15-22(18)16-27(5)17-30)29(23-8-9-23)21(4)26-14-19(2)28(20(26)3)24-10-12-31-13-11-24;1-5-7(3,4)6-2/h14,16-17,23-25H,1,4,6-13,15H2,2-3,5H3;5-6H2,1-4H3/b22-16-;. The predicted molar refractivity (Wildman–Crippen MR) is 160 cm³/mol. The maximum Gasteiger partial charge on any atom is 0.213 e. The zero-order valence-corrected chi connectivity index (χ0v) is 25.3. The van der Waals surface area contributed by atoms with Crippen LogP contribution in [-0.4, -0.2) is 53.1 Å². The van der Waals surface area contributed by atoms with E-state index in [-0.39, 0.29) is 0 Å². The molecule has 1 atom stereocenters. The van der Waals surface area contributed by atoms with E-state index in [1.165, 1.54) is 48.2 Å². The summed E-state index contributed by atoms with van der Waals surface area (Å²) in [6.07, 6.45) is 13.0. The van der Waals surface area contributed by atoms with Crippen LogP contribution in [0.5, 0.6) is 0 Å². The number of allylic oxidation sites excluding steroid dienone is 1. The summed E-state index contributed by atoms with van der Waals surface area (Å²) in [5.74, 6) is 0. The van der Waals surface area contributed by atoms with Crippen LogP contribution < -0.4 is 0 Å². The molecular formula is C33H53N3O2. The van der Waals surface area contributed by atoms with Gasteiger partial charge in [0.25, 0.3) is 0 Å². The minimum absolute atomic E-state index is 0.405. The lowest BCUT2D eigenvalue weighted by atomic mass is 9.86. The molecule has 1 unspecified atom stereocenters. The second kappa shape index (κ2) is 13.2. The van der Waals surface area contributed by atoms with Crippen molar-refractivity contribution in [1.29, 1.82) is 0 Å². The first-order valence-electron chi connectivity index (χ1n) is 14.8. The number of carbonyl (C=O) groups excluding carboxylic acids is 1. The van der Waals surface area contributed by atoms with E-state index in [0.717, 1.165) is 63.0 Å². The van der Waals surface area contributed by atoms with E-state index in [1.807, 2.05) is 6.20 Å². The third-order valence-electron chi connectivity index (χ3n) is 9.13. The number of hydrogen-bond donors (Lipinski definition) is 0. The van der Waals surface area contributed by atoms with Crippen molar-refractivity contribution in [3.05, 3.63) is 53.5 Å². The molecule has 0 aromatic carbocycles.